The molecule has 1 aromatic carbocycles. The van der Waals surface area contributed by atoms with Crippen LogP contribution in [-0.4, -0.2) is 75.1 Å². The molecule has 2 fully saturated rings. The highest BCUT2D eigenvalue weighted by molar-refractivity contribution is 5.81. The molecule has 10 heteroatoms. The largest absolute Gasteiger partial charge is 0.469 e. The average molecular weight is 507 g/mol. The van der Waals surface area contributed by atoms with Gasteiger partial charge in [0, 0.05) is 43.1 Å². The van der Waals surface area contributed by atoms with Gasteiger partial charge < -0.3 is 19.3 Å². The van der Waals surface area contributed by atoms with Gasteiger partial charge in [-0.1, -0.05) is 0 Å². The summed E-state index contributed by atoms with van der Waals surface area (Å²) in [5, 5.41) is 4.50. The van der Waals surface area contributed by atoms with Crippen LogP contribution < -0.4 is 4.90 Å². The van der Waals surface area contributed by atoms with Gasteiger partial charge in [-0.15, -0.1) is 0 Å². The number of carbonyl (C=O) groups is 2. The predicted octanol–water partition coefficient (Wildman–Crippen LogP) is 4.06. The number of methoxy groups -OCH3 is 1. The zero-order valence-corrected chi connectivity index (χ0v) is 22.0. The monoisotopic (exact) mass is 506 g/mol. The van der Waals surface area contributed by atoms with Gasteiger partial charge in [0.1, 0.15) is 5.60 Å². The Hall–Kier alpha value is -3.69. The van der Waals surface area contributed by atoms with Crippen molar-refractivity contribution >= 4 is 28.8 Å². The third-order valence-corrected chi connectivity index (χ3v) is 7.07. The molecule has 0 unspecified atom stereocenters. The summed E-state index contributed by atoms with van der Waals surface area (Å²) >= 11 is 0. The number of fused-ring (bicyclic) bond motifs is 1. The maximum atomic E-state index is 12.6. The van der Waals surface area contributed by atoms with E-state index in [4.69, 9.17) is 14.5 Å². The van der Waals surface area contributed by atoms with Crippen molar-refractivity contribution in [3.8, 4) is 11.3 Å². The molecule has 2 aliphatic rings. The minimum absolute atomic E-state index is 0.0211. The first kappa shape index (κ1) is 25.0. The van der Waals surface area contributed by atoms with Crippen LogP contribution in [0.2, 0.25) is 0 Å². The van der Waals surface area contributed by atoms with Crippen molar-refractivity contribution < 1.29 is 19.1 Å². The van der Waals surface area contributed by atoms with Crippen molar-refractivity contribution in [2.75, 3.05) is 31.6 Å². The number of esters is 1. The SMILES string of the molecule is COC(=O)C1CC(n2cc(-c3cnc4ccc(N5CCN(C(=O)OC(C)(C)C)[C@@H](C)C5)cc4n3)cn2)C1. The molecule has 1 amide bonds. The first-order valence-electron chi connectivity index (χ1n) is 12.7. The van der Waals surface area contributed by atoms with Crippen molar-refractivity contribution in [1.29, 1.82) is 0 Å². The normalized spacial score (nSPS) is 22.0. The quantitative estimate of drug-likeness (QED) is 0.488. The van der Waals surface area contributed by atoms with Crippen molar-refractivity contribution in [3.63, 3.8) is 0 Å². The molecule has 1 aliphatic heterocycles. The lowest BCUT2D eigenvalue weighted by Gasteiger charge is -2.41. The van der Waals surface area contributed by atoms with Gasteiger partial charge in [-0.05, 0) is 58.7 Å². The summed E-state index contributed by atoms with van der Waals surface area (Å²) in [5.74, 6) is -0.198. The Morgan fingerprint density at radius 1 is 1.08 bits per heavy atom. The van der Waals surface area contributed by atoms with Gasteiger partial charge >= 0.3 is 12.1 Å². The zero-order chi connectivity index (χ0) is 26.3. The molecule has 3 aromatic rings. The fourth-order valence-corrected chi connectivity index (χ4v) is 4.95. The van der Waals surface area contributed by atoms with E-state index in [1.165, 1.54) is 7.11 Å². The molecule has 0 radical (unpaired) electrons. The third-order valence-electron chi connectivity index (χ3n) is 7.07. The Morgan fingerprint density at radius 2 is 1.86 bits per heavy atom. The smallest absolute Gasteiger partial charge is 0.410 e. The van der Waals surface area contributed by atoms with E-state index in [9.17, 15) is 9.59 Å². The predicted molar refractivity (Wildman–Crippen MR) is 139 cm³/mol. The summed E-state index contributed by atoms with van der Waals surface area (Å²) in [6.45, 7) is 9.71. The maximum Gasteiger partial charge on any atom is 0.410 e. The first-order valence-corrected chi connectivity index (χ1v) is 12.7. The van der Waals surface area contributed by atoms with E-state index in [0.717, 1.165) is 40.8 Å². The number of carbonyl (C=O) groups excluding carboxylic acids is 2. The van der Waals surface area contributed by atoms with Crippen LogP contribution in [-0.2, 0) is 14.3 Å². The molecule has 1 saturated carbocycles. The van der Waals surface area contributed by atoms with E-state index in [2.05, 4.69) is 27.1 Å². The Labute approximate surface area is 216 Å². The molecular formula is C27H34N6O4. The number of hydrogen-bond acceptors (Lipinski definition) is 8. The summed E-state index contributed by atoms with van der Waals surface area (Å²) in [5.41, 5.74) is 3.81. The molecule has 196 valence electrons. The number of aromatic nitrogens is 4. The van der Waals surface area contributed by atoms with Crippen LogP contribution in [0.4, 0.5) is 10.5 Å². The third kappa shape index (κ3) is 5.23. The lowest BCUT2D eigenvalue weighted by molar-refractivity contribution is -0.149. The molecule has 1 aliphatic carbocycles. The fourth-order valence-electron chi connectivity index (χ4n) is 4.95. The lowest BCUT2D eigenvalue weighted by Crippen LogP contribution is -2.55. The van der Waals surface area contributed by atoms with Crippen molar-refractivity contribution in [3.05, 3.63) is 36.8 Å². The lowest BCUT2D eigenvalue weighted by atomic mass is 9.80. The number of piperazine rings is 1. The van der Waals surface area contributed by atoms with E-state index < -0.39 is 5.60 Å². The van der Waals surface area contributed by atoms with Crippen LogP contribution in [0.25, 0.3) is 22.3 Å². The Morgan fingerprint density at radius 3 is 2.57 bits per heavy atom. The number of nitrogens with zero attached hydrogens (tertiary/aromatic N) is 6. The number of anilines is 1. The van der Waals surface area contributed by atoms with Crippen LogP contribution in [0.5, 0.6) is 0 Å². The van der Waals surface area contributed by atoms with Gasteiger partial charge in [0.25, 0.3) is 0 Å². The average Bonchev–Trinajstić information content (AvgIpc) is 3.30. The summed E-state index contributed by atoms with van der Waals surface area (Å²) in [7, 11) is 1.43. The second-order valence-electron chi connectivity index (χ2n) is 11.0. The van der Waals surface area contributed by atoms with Crippen LogP contribution in [0.3, 0.4) is 0 Å². The van der Waals surface area contributed by atoms with Crippen molar-refractivity contribution in [2.24, 2.45) is 5.92 Å². The van der Waals surface area contributed by atoms with Crippen LogP contribution in [0.15, 0.2) is 36.8 Å². The summed E-state index contributed by atoms with van der Waals surface area (Å²) in [4.78, 5) is 37.8. The van der Waals surface area contributed by atoms with Gasteiger partial charge in [-0.3, -0.25) is 14.5 Å². The second kappa shape index (κ2) is 9.64. The van der Waals surface area contributed by atoms with Crippen molar-refractivity contribution in [2.45, 2.75) is 58.2 Å². The molecule has 0 bridgehead atoms. The molecule has 2 aromatic heterocycles. The number of rotatable bonds is 4. The van der Waals surface area contributed by atoms with E-state index in [-0.39, 0.29) is 30.1 Å². The molecule has 5 rings (SSSR count). The van der Waals surface area contributed by atoms with Gasteiger partial charge in [-0.25, -0.2) is 9.78 Å². The van der Waals surface area contributed by atoms with Gasteiger partial charge in [0.05, 0.1) is 48.2 Å². The second-order valence-corrected chi connectivity index (χ2v) is 11.0. The maximum absolute atomic E-state index is 12.6. The minimum Gasteiger partial charge on any atom is -0.469 e. The standard InChI is InChI=1S/C27H34N6O4/c1-17-15-31(8-9-32(17)26(35)37-27(2,3)4)20-6-7-22-23(12-20)30-24(14-28-22)19-13-29-33(16-19)21-10-18(11-21)25(34)36-5/h6-7,12-14,16-18,21H,8-11,15H2,1-5H3/t17-,18?,21?/m0/s1. The Balaban J connectivity index is 1.28. The molecule has 1 saturated heterocycles. The molecule has 0 N–H and O–H groups in total. The molecule has 3 heterocycles. The molecular weight excluding hydrogens is 472 g/mol. The highest BCUT2D eigenvalue weighted by atomic mass is 16.6. The molecule has 1 atom stereocenters. The van der Waals surface area contributed by atoms with Gasteiger partial charge in [0.2, 0.25) is 0 Å². The Kier molecular flexibility index (Phi) is 6.51. The number of amides is 1. The summed E-state index contributed by atoms with van der Waals surface area (Å²) in [6.07, 6.45) is 6.73. The number of hydrogen-bond donors (Lipinski definition) is 0. The van der Waals surface area contributed by atoms with Crippen LogP contribution >= 0.6 is 0 Å². The van der Waals surface area contributed by atoms with E-state index in [0.29, 0.717) is 19.6 Å². The van der Waals surface area contributed by atoms with Crippen molar-refractivity contribution in [1.82, 2.24) is 24.6 Å². The van der Waals surface area contributed by atoms with Crippen LogP contribution in [0, 0.1) is 5.92 Å². The number of benzene rings is 1. The minimum atomic E-state index is -0.511. The number of ether oxygens (including phenoxy) is 2. The molecule has 10 nitrogen and oxygen atoms in total. The molecule has 0 spiro atoms. The highest BCUT2D eigenvalue weighted by Crippen LogP contribution is 2.38. The van der Waals surface area contributed by atoms with E-state index >= 15 is 0 Å². The topological polar surface area (TPSA) is 103 Å². The first-order chi connectivity index (χ1) is 17.6. The Bertz CT molecular complexity index is 1310. The summed E-state index contributed by atoms with van der Waals surface area (Å²) in [6, 6.07) is 6.31. The van der Waals surface area contributed by atoms with E-state index in [1.807, 2.05) is 44.6 Å². The fraction of sp³-hybridized carbons (Fsp3) is 0.519. The zero-order valence-electron chi connectivity index (χ0n) is 22.0. The summed E-state index contributed by atoms with van der Waals surface area (Å²) < 4.78 is 12.3. The van der Waals surface area contributed by atoms with Gasteiger partial charge in [0.15, 0.2) is 0 Å². The highest BCUT2D eigenvalue weighted by Gasteiger charge is 2.37. The molecule has 37 heavy (non-hydrogen) atoms. The van der Waals surface area contributed by atoms with Crippen LogP contribution in [0.1, 0.15) is 46.6 Å². The van der Waals surface area contributed by atoms with E-state index in [1.54, 1.807) is 17.3 Å². The van der Waals surface area contributed by atoms with Gasteiger partial charge in [-0.2, -0.15) is 5.10 Å².